The Labute approximate surface area is 175 Å². The van der Waals surface area contributed by atoms with Crippen molar-refractivity contribution in [3.8, 4) is 0 Å². The van der Waals surface area contributed by atoms with Gasteiger partial charge >= 0.3 is 0 Å². The van der Waals surface area contributed by atoms with E-state index in [2.05, 4.69) is 50.2 Å². The minimum Gasteiger partial charge on any atom is -0.354 e. The van der Waals surface area contributed by atoms with Crippen molar-refractivity contribution in [3.05, 3.63) is 77.5 Å². The zero-order valence-corrected chi connectivity index (χ0v) is 17.1. The molecule has 152 valence electrons. The highest BCUT2D eigenvalue weighted by Gasteiger charge is 2.50. The molecule has 0 spiro atoms. The zero-order chi connectivity index (χ0) is 20.7. The number of amides is 1. The number of carbonyl (C=O) groups is 1. The summed E-state index contributed by atoms with van der Waals surface area (Å²) < 4.78 is 0. The summed E-state index contributed by atoms with van der Waals surface area (Å²) in [4.78, 5) is 26.0. The molecule has 1 aromatic carbocycles. The van der Waals surface area contributed by atoms with Crippen LogP contribution >= 0.6 is 0 Å². The van der Waals surface area contributed by atoms with Crippen LogP contribution in [0.1, 0.15) is 33.4 Å². The van der Waals surface area contributed by atoms with Gasteiger partial charge in [0.05, 0.1) is 17.9 Å². The van der Waals surface area contributed by atoms with E-state index < -0.39 is 0 Å². The number of hydrogen-bond donors (Lipinski definition) is 0. The van der Waals surface area contributed by atoms with E-state index in [4.69, 9.17) is 0 Å². The lowest BCUT2D eigenvalue weighted by atomic mass is 9.87. The summed E-state index contributed by atoms with van der Waals surface area (Å²) in [5.74, 6) is 1.56. The Balaban J connectivity index is 1.48. The molecule has 2 aliphatic rings. The van der Waals surface area contributed by atoms with Crippen molar-refractivity contribution < 1.29 is 4.79 Å². The fraction of sp³-hybridized carbons (Fsp3) is 0.348. The molecule has 4 heterocycles. The predicted molar refractivity (Wildman–Crippen MR) is 113 cm³/mol. The van der Waals surface area contributed by atoms with Crippen LogP contribution in [0.4, 0.5) is 5.82 Å². The largest absolute Gasteiger partial charge is 0.354 e. The topological polar surface area (TPSA) is 75.1 Å². The number of fused-ring (bicyclic) bond motifs is 1. The highest BCUT2D eigenvalue weighted by Crippen LogP contribution is 2.46. The van der Waals surface area contributed by atoms with Crippen molar-refractivity contribution >= 4 is 11.7 Å². The van der Waals surface area contributed by atoms with E-state index in [0.29, 0.717) is 24.1 Å². The van der Waals surface area contributed by atoms with Gasteiger partial charge in [0.1, 0.15) is 5.69 Å². The summed E-state index contributed by atoms with van der Waals surface area (Å²) in [6, 6.07) is 12.4. The van der Waals surface area contributed by atoms with Gasteiger partial charge in [-0.3, -0.25) is 9.78 Å². The van der Waals surface area contributed by atoms with E-state index in [9.17, 15) is 4.79 Å². The SMILES string of the molecule is Cc1ccc(N2C[C@H]3CN(C(=O)c4cnccn4)[C@H](c4ccccc4C)[C@H]3C2)nn1. The van der Waals surface area contributed by atoms with E-state index in [1.165, 1.54) is 11.1 Å². The first-order valence-electron chi connectivity index (χ1n) is 10.3. The van der Waals surface area contributed by atoms with Gasteiger partial charge in [0.2, 0.25) is 0 Å². The first-order valence-corrected chi connectivity index (χ1v) is 10.3. The van der Waals surface area contributed by atoms with Crippen molar-refractivity contribution in [2.24, 2.45) is 11.8 Å². The van der Waals surface area contributed by atoms with Crippen LogP contribution in [0, 0.1) is 25.7 Å². The Morgan fingerprint density at radius 2 is 1.87 bits per heavy atom. The fourth-order valence-corrected chi connectivity index (χ4v) is 4.88. The molecule has 0 radical (unpaired) electrons. The Morgan fingerprint density at radius 3 is 2.60 bits per heavy atom. The van der Waals surface area contributed by atoms with Crippen LogP contribution < -0.4 is 4.90 Å². The van der Waals surface area contributed by atoms with Gasteiger partial charge in [0.15, 0.2) is 5.82 Å². The first-order chi connectivity index (χ1) is 14.6. The second kappa shape index (κ2) is 7.48. The lowest BCUT2D eigenvalue weighted by Crippen LogP contribution is -2.36. The van der Waals surface area contributed by atoms with E-state index in [1.54, 1.807) is 18.6 Å². The number of carbonyl (C=O) groups excluding carboxylic acids is 1. The molecule has 30 heavy (non-hydrogen) atoms. The third kappa shape index (κ3) is 3.20. The van der Waals surface area contributed by atoms with Crippen LogP contribution in [0.25, 0.3) is 0 Å². The standard InChI is InChI=1S/C23H24N6O/c1-15-5-3-4-6-18(15)22-19-14-28(21-8-7-16(2)26-27-21)12-17(19)13-29(22)23(30)20-11-24-9-10-25-20/h3-11,17,19,22H,12-14H2,1-2H3/t17-,19-,22+/m0/s1. The first kappa shape index (κ1) is 18.7. The normalized spacial score (nSPS) is 22.9. The number of rotatable bonds is 3. The number of benzene rings is 1. The lowest BCUT2D eigenvalue weighted by molar-refractivity contribution is 0.0708. The minimum absolute atomic E-state index is 0.00844. The molecule has 0 aliphatic carbocycles. The Hall–Kier alpha value is -3.35. The number of likely N-dealkylation sites (tertiary alicyclic amines) is 1. The third-order valence-electron chi connectivity index (χ3n) is 6.32. The van der Waals surface area contributed by atoms with Crippen LogP contribution in [-0.4, -0.2) is 50.6 Å². The van der Waals surface area contributed by atoms with Crippen LogP contribution in [0.2, 0.25) is 0 Å². The Bertz CT molecular complexity index is 1050. The van der Waals surface area contributed by atoms with E-state index in [1.807, 2.05) is 30.0 Å². The highest BCUT2D eigenvalue weighted by atomic mass is 16.2. The summed E-state index contributed by atoms with van der Waals surface area (Å²) in [5.41, 5.74) is 3.72. The molecule has 0 saturated carbocycles. The molecule has 7 heteroatoms. The molecular weight excluding hydrogens is 376 g/mol. The van der Waals surface area contributed by atoms with Gasteiger partial charge in [0.25, 0.3) is 5.91 Å². The predicted octanol–water partition coefficient (Wildman–Crippen LogP) is 2.83. The van der Waals surface area contributed by atoms with Gasteiger partial charge in [0, 0.05) is 43.9 Å². The van der Waals surface area contributed by atoms with E-state index in [-0.39, 0.29) is 11.9 Å². The maximum absolute atomic E-state index is 13.3. The van der Waals surface area contributed by atoms with Crippen LogP contribution in [0.15, 0.2) is 55.0 Å². The van der Waals surface area contributed by atoms with E-state index in [0.717, 1.165) is 24.6 Å². The van der Waals surface area contributed by atoms with Gasteiger partial charge in [-0.15, -0.1) is 5.10 Å². The average molecular weight is 400 g/mol. The summed E-state index contributed by atoms with van der Waals surface area (Å²) in [7, 11) is 0. The molecule has 2 aliphatic heterocycles. The molecule has 2 saturated heterocycles. The smallest absolute Gasteiger partial charge is 0.274 e. The second-order valence-electron chi connectivity index (χ2n) is 8.21. The molecule has 5 rings (SSSR count). The van der Waals surface area contributed by atoms with Crippen LogP contribution in [0.3, 0.4) is 0 Å². The monoisotopic (exact) mass is 400 g/mol. The van der Waals surface area contributed by atoms with Gasteiger partial charge in [-0.25, -0.2) is 4.98 Å². The molecule has 0 N–H and O–H groups in total. The van der Waals surface area contributed by atoms with Crippen molar-refractivity contribution in [1.29, 1.82) is 0 Å². The molecule has 3 aromatic rings. The number of aryl methyl sites for hydroxylation is 2. The summed E-state index contributed by atoms with van der Waals surface area (Å²) >= 11 is 0. The molecule has 0 unspecified atom stereocenters. The fourth-order valence-electron chi connectivity index (χ4n) is 4.88. The minimum atomic E-state index is -0.0487. The number of nitrogens with zero attached hydrogens (tertiary/aromatic N) is 6. The quantitative estimate of drug-likeness (QED) is 0.673. The van der Waals surface area contributed by atoms with Gasteiger partial charge in [-0.2, -0.15) is 5.10 Å². The van der Waals surface area contributed by atoms with E-state index >= 15 is 0 Å². The molecule has 2 aromatic heterocycles. The van der Waals surface area contributed by atoms with Gasteiger partial charge in [-0.05, 0) is 37.1 Å². The molecule has 1 amide bonds. The maximum Gasteiger partial charge on any atom is 0.274 e. The average Bonchev–Trinajstić information content (AvgIpc) is 3.33. The summed E-state index contributed by atoms with van der Waals surface area (Å²) in [6.07, 6.45) is 4.72. The number of aromatic nitrogens is 4. The van der Waals surface area contributed by atoms with Crippen molar-refractivity contribution in [2.75, 3.05) is 24.5 Å². The molecule has 2 fully saturated rings. The summed E-state index contributed by atoms with van der Waals surface area (Å²) in [5, 5.41) is 8.60. The van der Waals surface area contributed by atoms with Crippen LogP contribution in [-0.2, 0) is 0 Å². The number of anilines is 1. The van der Waals surface area contributed by atoms with Gasteiger partial charge < -0.3 is 9.80 Å². The lowest BCUT2D eigenvalue weighted by Gasteiger charge is -2.31. The molecular formula is C23H24N6O. The molecule has 3 atom stereocenters. The maximum atomic E-state index is 13.3. The Kier molecular flexibility index (Phi) is 4.65. The van der Waals surface area contributed by atoms with Crippen LogP contribution in [0.5, 0.6) is 0 Å². The van der Waals surface area contributed by atoms with Gasteiger partial charge in [-0.1, -0.05) is 24.3 Å². The number of hydrogen-bond acceptors (Lipinski definition) is 6. The second-order valence-corrected chi connectivity index (χ2v) is 8.21. The molecule has 0 bridgehead atoms. The van der Waals surface area contributed by atoms with Crippen molar-refractivity contribution in [1.82, 2.24) is 25.1 Å². The van der Waals surface area contributed by atoms with Crippen molar-refractivity contribution in [2.45, 2.75) is 19.9 Å². The summed E-state index contributed by atoms with van der Waals surface area (Å²) in [6.45, 7) is 6.49. The Morgan fingerprint density at radius 1 is 1.00 bits per heavy atom. The highest BCUT2D eigenvalue weighted by molar-refractivity contribution is 5.92. The third-order valence-corrected chi connectivity index (χ3v) is 6.32. The molecule has 7 nitrogen and oxygen atoms in total. The zero-order valence-electron chi connectivity index (χ0n) is 17.1. The van der Waals surface area contributed by atoms with Crippen molar-refractivity contribution in [3.63, 3.8) is 0 Å².